The Labute approximate surface area is 119 Å². The number of halogens is 4. The van der Waals surface area contributed by atoms with E-state index in [2.05, 4.69) is 0 Å². The number of carbonyl (C=O) groups excluding carboxylic acids is 1. The Bertz CT molecular complexity index is 493. The first kappa shape index (κ1) is 15.0. The molecule has 2 rings (SSSR count). The van der Waals surface area contributed by atoms with Crippen molar-refractivity contribution in [3.63, 3.8) is 0 Å². The topological polar surface area (TPSA) is 29.5 Å². The van der Waals surface area contributed by atoms with Gasteiger partial charge in [0.25, 0.3) is 0 Å². The number of carbonyl (C=O) groups is 1. The molecule has 0 spiro atoms. The second-order valence-corrected chi connectivity index (χ2v) is 5.05. The number of hydrogen-bond donors (Lipinski definition) is 0. The standard InChI is InChI=1S/C13H13ClF3NO2/c14-9-2-1-3-10(6-9)20-11-4-5-18(8-11)12(19)7-13(15,16)17/h1-3,6,11H,4-5,7-8H2. The summed E-state index contributed by atoms with van der Waals surface area (Å²) in [6.45, 7) is 0.446. The van der Waals surface area contributed by atoms with Gasteiger partial charge in [-0.1, -0.05) is 17.7 Å². The van der Waals surface area contributed by atoms with E-state index in [1.54, 1.807) is 24.3 Å². The number of alkyl halides is 3. The zero-order valence-electron chi connectivity index (χ0n) is 10.5. The zero-order chi connectivity index (χ0) is 14.8. The van der Waals surface area contributed by atoms with E-state index in [9.17, 15) is 18.0 Å². The SMILES string of the molecule is O=C(CC(F)(F)F)N1CCC(Oc2cccc(Cl)c2)C1. The number of rotatable bonds is 3. The number of likely N-dealkylation sites (tertiary alicyclic amines) is 1. The number of ether oxygens (including phenoxy) is 1. The van der Waals surface area contributed by atoms with Gasteiger partial charge in [-0.2, -0.15) is 13.2 Å². The Kier molecular flexibility index (Phi) is 4.42. The number of hydrogen-bond acceptors (Lipinski definition) is 2. The van der Waals surface area contributed by atoms with Gasteiger partial charge in [-0.3, -0.25) is 4.79 Å². The summed E-state index contributed by atoms with van der Waals surface area (Å²) in [5, 5.41) is 0.519. The quantitative estimate of drug-likeness (QED) is 0.858. The molecule has 0 saturated carbocycles. The summed E-state index contributed by atoms with van der Waals surface area (Å²) in [5.41, 5.74) is 0. The molecule has 1 fully saturated rings. The first-order valence-electron chi connectivity index (χ1n) is 6.10. The van der Waals surface area contributed by atoms with Crippen LogP contribution in [0.2, 0.25) is 5.02 Å². The van der Waals surface area contributed by atoms with Crippen molar-refractivity contribution in [2.45, 2.75) is 25.1 Å². The van der Waals surface area contributed by atoms with E-state index in [-0.39, 0.29) is 19.2 Å². The lowest BCUT2D eigenvalue weighted by Crippen LogP contribution is -2.33. The van der Waals surface area contributed by atoms with Crippen LogP contribution in [0.1, 0.15) is 12.8 Å². The minimum atomic E-state index is -4.47. The van der Waals surface area contributed by atoms with Crippen molar-refractivity contribution in [1.29, 1.82) is 0 Å². The summed E-state index contributed by atoms with van der Waals surface area (Å²) < 4.78 is 42.1. The molecular formula is C13H13ClF3NO2. The fourth-order valence-electron chi connectivity index (χ4n) is 2.07. The van der Waals surface area contributed by atoms with Crippen LogP contribution in [0.25, 0.3) is 0 Å². The third kappa shape index (κ3) is 4.30. The molecule has 1 aliphatic rings. The first-order valence-corrected chi connectivity index (χ1v) is 6.48. The summed E-state index contributed by atoms with van der Waals surface area (Å²) in [6, 6.07) is 6.76. The number of benzene rings is 1. The highest BCUT2D eigenvalue weighted by Crippen LogP contribution is 2.25. The average molecular weight is 308 g/mol. The molecule has 110 valence electrons. The summed E-state index contributed by atoms with van der Waals surface area (Å²) in [6.07, 6.45) is -5.68. The maximum absolute atomic E-state index is 12.2. The number of amides is 1. The summed E-state index contributed by atoms with van der Waals surface area (Å²) in [7, 11) is 0. The molecular weight excluding hydrogens is 295 g/mol. The van der Waals surface area contributed by atoms with E-state index in [4.69, 9.17) is 16.3 Å². The van der Waals surface area contributed by atoms with Crippen LogP contribution in [0, 0.1) is 0 Å². The predicted octanol–water partition coefficient (Wildman–Crippen LogP) is 3.27. The van der Waals surface area contributed by atoms with Crippen molar-refractivity contribution in [2.24, 2.45) is 0 Å². The molecule has 1 aromatic rings. The minimum absolute atomic E-state index is 0.168. The van der Waals surface area contributed by atoms with Crippen LogP contribution in [0.4, 0.5) is 13.2 Å². The maximum Gasteiger partial charge on any atom is 0.397 e. The molecule has 1 amide bonds. The van der Waals surface area contributed by atoms with Crippen LogP contribution >= 0.6 is 11.6 Å². The van der Waals surface area contributed by atoms with E-state index in [1.165, 1.54) is 4.90 Å². The van der Waals surface area contributed by atoms with Crippen molar-refractivity contribution < 1.29 is 22.7 Å². The first-order chi connectivity index (χ1) is 9.33. The summed E-state index contributed by atoms with van der Waals surface area (Å²) >= 11 is 5.81. The second-order valence-electron chi connectivity index (χ2n) is 4.62. The third-order valence-corrected chi connectivity index (χ3v) is 3.18. The molecule has 1 aliphatic heterocycles. The molecule has 1 unspecified atom stereocenters. The molecule has 0 aromatic heterocycles. The average Bonchev–Trinajstić information content (AvgIpc) is 2.75. The zero-order valence-corrected chi connectivity index (χ0v) is 11.2. The van der Waals surface area contributed by atoms with Crippen LogP contribution in [-0.4, -0.2) is 36.2 Å². The molecule has 0 bridgehead atoms. The van der Waals surface area contributed by atoms with Crippen molar-refractivity contribution in [1.82, 2.24) is 4.90 Å². The Balaban J connectivity index is 1.88. The van der Waals surface area contributed by atoms with E-state index < -0.39 is 18.5 Å². The Morgan fingerprint density at radius 3 is 2.85 bits per heavy atom. The highest BCUT2D eigenvalue weighted by Gasteiger charge is 2.36. The second kappa shape index (κ2) is 5.91. The Morgan fingerprint density at radius 2 is 2.20 bits per heavy atom. The van der Waals surface area contributed by atoms with Crippen molar-refractivity contribution in [3.05, 3.63) is 29.3 Å². The van der Waals surface area contributed by atoms with E-state index in [1.807, 2.05) is 0 Å². The largest absolute Gasteiger partial charge is 0.488 e. The van der Waals surface area contributed by atoms with Crippen molar-refractivity contribution >= 4 is 17.5 Å². The molecule has 3 nitrogen and oxygen atoms in total. The van der Waals surface area contributed by atoms with Gasteiger partial charge in [-0.25, -0.2) is 0 Å². The number of nitrogens with zero attached hydrogens (tertiary/aromatic N) is 1. The molecule has 0 radical (unpaired) electrons. The highest BCUT2D eigenvalue weighted by molar-refractivity contribution is 6.30. The normalized spacial score (nSPS) is 19.2. The van der Waals surface area contributed by atoms with Gasteiger partial charge >= 0.3 is 6.18 Å². The predicted molar refractivity (Wildman–Crippen MR) is 67.7 cm³/mol. The summed E-state index contributed by atoms with van der Waals surface area (Å²) in [5.74, 6) is -0.359. The van der Waals surface area contributed by atoms with E-state index in [0.29, 0.717) is 17.2 Å². The third-order valence-electron chi connectivity index (χ3n) is 2.95. The van der Waals surface area contributed by atoms with E-state index >= 15 is 0 Å². The molecule has 0 aliphatic carbocycles. The molecule has 1 saturated heterocycles. The van der Waals surface area contributed by atoms with Gasteiger partial charge in [-0.15, -0.1) is 0 Å². The van der Waals surface area contributed by atoms with Crippen molar-refractivity contribution in [3.8, 4) is 5.75 Å². The fraction of sp³-hybridized carbons (Fsp3) is 0.462. The lowest BCUT2D eigenvalue weighted by atomic mass is 10.3. The van der Waals surface area contributed by atoms with Gasteiger partial charge in [0.1, 0.15) is 18.3 Å². The maximum atomic E-state index is 12.2. The van der Waals surface area contributed by atoms with Gasteiger partial charge in [0.15, 0.2) is 0 Å². The van der Waals surface area contributed by atoms with Gasteiger partial charge in [0.2, 0.25) is 5.91 Å². The summed E-state index contributed by atoms with van der Waals surface area (Å²) in [4.78, 5) is 12.6. The Hall–Kier alpha value is -1.43. The van der Waals surface area contributed by atoms with E-state index in [0.717, 1.165) is 0 Å². The molecule has 7 heteroatoms. The smallest absolute Gasteiger partial charge is 0.397 e. The van der Waals surface area contributed by atoms with Crippen molar-refractivity contribution in [2.75, 3.05) is 13.1 Å². The van der Waals surface area contributed by atoms with Crippen LogP contribution < -0.4 is 4.74 Å². The van der Waals surface area contributed by atoms with Crippen LogP contribution in [0.15, 0.2) is 24.3 Å². The van der Waals surface area contributed by atoms with Crippen LogP contribution in [0.5, 0.6) is 5.75 Å². The monoisotopic (exact) mass is 307 g/mol. The molecule has 1 atom stereocenters. The van der Waals surface area contributed by atoms with Gasteiger partial charge in [0.05, 0.1) is 6.54 Å². The molecule has 1 aromatic carbocycles. The lowest BCUT2D eigenvalue weighted by molar-refractivity contribution is -0.160. The fourth-order valence-corrected chi connectivity index (χ4v) is 2.25. The van der Waals surface area contributed by atoms with Gasteiger partial charge in [-0.05, 0) is 18.2 Å². The minimum Gasteiger partial charge on any atom is -0.488 e. The van der Waals surface area contributed by atoms with Crippen LogP contribution in [-0.2, 0) is 4.79 Å². The van der Waals surface area contributed by atoms with Gasteiger partial charge in [0, 0.05) is 18.0 Å². The molecule has 1 heterocycles. The van der Waals surface area contributed by atoms with Gasteiger partial charge < -0.3 is 9.64 Å². The lowest BCUT2D eigenvalue weighted by Gasteiger charge is -2.18. The Morgan fingerprint density at radius 1 is 1.45 bits per heavy atom. The molecule has 20 heavy (non-hydrogen) atoms. The van der Waals surface area contributed by atoms with Crippen LogP contribution in [0.3, 0.4) is 0 Å². The highest BCUT2D eigenvalue weighted by atomic mass is 35.5. The molecule has 0 N–H and O–H groups in total.